The SMILES string of the molecule is COC(=O)c1ccc2nc(C)nc(Cl)c2c1. The number of esters is 1. The lowest BCUT2D eigenvalue weighted by Gasteiger charge is -2.03. The molecular formula is C11H9ClN2O2. The fraction of sp³-hybridized carbons (Fsp3) is 0.182. The van der Waals surface area contributed by atoms with E-state index >= 15 is 0 Å². The summed E-state index contributed by atoms with van der Waals surface area (Å²) in [4.78, 5) is 19.6. The Morgan fingerprint density at radius 3 is 2.81 bits per heavy atom. The molecular weight excluding hydrogens is 228 g/mol. The summed E-state index contributed by atoms with van der Waals surface area (Å²) >= 11 is 5.98. The van der Waals surface area contributed by atoms with Crippen molar-refractivity contribution >= 4 is 28.5 Å². The highest BCUT2D eigenvalue weighted by Gasteiger charge is 2.09. The smallest absolute Gasteiger partial charge is 0.337 e. The standard InChI is InChI=1S/C11H9ClN2O2/c1-6-13-9-4-3-7(11(15)16-2)5-8(9)10(12)14-6/h3-5H,1-2H3. The second kappa shape index (κ2) is 4.06. The first-order valence-corrected chi connectivity index (χ1v) is 5.02. The Labute approximate surface area is 97.2 Å². The number of carbonyl (C=O) groups is 1. The number of hydrogen-bond acceptors (Lipinski definition) is 4. The van der Waals surface area contributed by atoms with Gasteiger partial charge >= 0.3 is 5.97 Å². The molecule has 0 bridgehead atoms. The average molecular weight is 237 g/mol. The van der Waals surface area contributed by atoms with Crippen LogP contribution in [0.5, 0.6) is 0 Å². The van der Waals surface area contributed by atoms with E-state index in [0.717, 1.165) is 0 Å². The van der Waals surface area contributed by atoms with Crippen molar-refractivity contribution in [2.45, 2.75) is 6.92 Å². The number of fused-ring (bicyclic) bond motifs is 1. The van der Waals surface area contributed by atoms with Crippen LogP contribution < -0.4 is 0 Å². The quantitative estimate of drug-likeness (QED) is 0.564. The van der Waals surface area contributed by atoms with Crippen LogP contribution in [0.15, 0.2) is 18.2 Å². The van der Waals surface area contributed by atoms with E-state index in [1.807, 2.05) is 0 Å². The van der Waals surface area contributed by atoms with Crippen LogP contribution in [0.1, 0.15) is 16.2 Å². The van der Waals surface area contributed by atoms with Crippen molar-refractivity contribution in [1.82, 2.24) is 9.97 Å². The van der Waals surface area contributed by atoms with E-state index in [-0.39, 0.29) is 0 Å². The number of hydrogen-bond donors (Lipinski definition) is 0. The van der Waals surface area contributed by atoms with Crippen molar-refractivity contribution in [3.63, 3.8) is 0 Å². The number of halogens is 1. The molecule has 0 saturated heterocycles. The van der Waals surface area contributed by atoms with Gasteiger partial charge in [-0.15, -0.1) is 0 Å². The van der Waals surface area contributed by atoms with E-state index in [2.05, 4.69) is 14.7 Å². The van der Waals surface area contributed by atoms with Gasteiger partial charge in [0.2, 0.25) is 0 Å². The topological polar surface area (TPSA) is 52.1 Å². The molecule has 0 amide bonds. The number of methoxy groups -OCH3 is 1. The molecule has 0 aliphatic rings. The van der Waals surface area contributed by atoms with Crippen LogP contribution in [0, 0.1) is 6.92 Å². The molecule has 0 fully saturated rings. The Kier molecular flexibility index (Phi) is 2.75. The van der Waals surface area contributed by atoms with E-state index in [1.165, 1.54) is 7.11 Å². The Bertz CT molecular complexity index is 569. The first-order chi connectivity index (χ1) is 7.61. The van der Waals surface area contributed by atoms with Gasteiger partial charge in [-0.05, 0) is 25.1 Å². The molecule has 2 rings (SSSR count). The van der Waals surface area contributed by atoms with Crippen molar-refractivity contribution < 1.29 is 9.53 Å². The van der Waals surface area contributed by atoms with E-state index in [0.29, 0.717) is 27.4 Å². The lowest BCUT2D eigenvalue weighted by Crippen LogP contribution is -2.01. The maximum Gasteiger partial charge on any atom is 0.337 e. The van der Waals surface area contributed by atoms with E-state index in [1.54, 1.807) is 25.1 Å². The van der Waals surface area contributed by atoms with E-state index in [9.17, 15) is 4.79 Å². The largest absolute Gasteiger partial charge is 0.465 e. The molecule has 0 aliphatic carbocycles. The predicted octanol–water partition coefficient (Wildman–Crippen LogP) is 2.38. The first-order valence-electron chi connectivity index (χ1n) is 4.64. The summed E-state index contributed by atoms with van der Waals surface area (Å²) in [5.41, 5.74) is 1.15. The average Bonchev–Trinajstić information content (AvgIpc) is 2.27. The lowest BCUT2D eigenvalue weighted by molar-refractivity contribution is 0.0601. The van der Waals surface area contributed by atoms with Crippen LogP contribution in [0.2, 0.25) is 5.15 Å². The second-order valence-electron chi connectivity index (χ2n) is 3.29. The minimum atomic E-state index is -0.404. The fourth-order valence-electron chi connectivity index (χ4n) is 1.45. The van der Waals surface area contributed by atoms with Gasteiger partial charge in [0.1, 0.15) is 11.0 Å². The number of aromatic nitrogens is 2. The molecule has 1 aromatic heterocycles. The van der Waals surface area contributed by atoms with Gasteiger partial charge < -0.3 is 4.74 Å². The molecule has 0 radical (unpaired) electrons. The zero-order valence-electron chi connectivity index (χ0n) is 8.82. The van der Waals surface area contributed by atoms with Crippen molar-refractivity contribution in [2.75, 3.05) is 7.11 Å². The van der Waals surface area contributed by atoms with Crippen molar-refractivity contribution in [3.05, 3.63) is 34.7 Å². The summed E-state index contributed by atoms with van der Waals surface area (Å²) in [5.74, 6) is 0.196. The molecule has 1 heterocycles. The number of carbonyl (C=O) groups excluding carboxylic acids is 1. The normalized spacial score (nSPS) is 10.4. The molecule has 2 aromatic rings. The monoisotopic (exact) mass is 236 g/mol. The Morgan fingerprint density at radius 1 is 1.38 bits per heavy atom. The molecule has 0 unspecified atom stereocenters. The van der Waals surface area contributed by atoms with Gasteiger partial charge in [-0.25, -0.2) is 14.8 Å². The first kappa shape index (κ1) is 10.8. The van der Waals surface area contributed by atoms with Gasteiger partial charge in [0.25, 0.3) is 0 Å². The zero-order valence-corrected chi connectivity index (χ0v) is 9.58. The van der Waals surface area contributed by atoms with Crippen LogP contribution >= 0.6 is 11.6 Å². The van der Waals surface area contributed by atoms with E-state index in [4.69, 9.17) is 11.6 Å². The van der Waals surface area contributed by atoms with Gasteiger partial charge in [-0.1, -0.05) is 11.6 Å². The van der Waals surface area contributed by atoms with Crippen LogP contribution in [-0.2, 0) is 4.74 Å². The number of benzene rings is 1. The number of aryl methyl sites for hydroxylation is 1. The van der Waals surface area contributed by atoms with Crippen molar-refractivity contribution in [2.24, 2.45) is 0 Å². The summed E-state index contributed by atoms with van der Waals surface area (Å²) in [7, 11) is 1.33. The van der Waals surface area contributed by atoms with Gasteiger partial charge in [0, 0.05) is 5.39 Å². The molecule has 4 nitrogen and oxygen atoms in total. The lowest BCUT2D eigenvalue weighted by atomic mass is 10.1. The molecule has 16 heavy (non-hydrogen) atoms. The molecule has 0 atom stereocenters. The maximum atomic E-state index is 11.3. The van der Waals surface area contributed by atoms with Gasteiger partial charge in [-0.3, -0.25) is 0 Å². The van der Waals surface area contributed by atoms with Crippen molar-refractivity contribution in [3.8, 4) is 0 Å². The van der Waals surface area contributed by atoms with Crippen molar-refractivity contribution in [1.29, 1.82) is 0 Å². The van der Waals surface area contributed by atoms with E-state index < -0.39 is 5.97 Å². The summed E-state index contributed by atoms with van der Waals surface area (Å²) in [6.07, 6.45) is 0. The third-order valence-electron chi connectivity index (χ3n) is 2.18. The Hall–Kier alpha value is -1.68. The number of rotatable bonds is 1. The highest BCUT2D eigenvalue weighted by atomic mass is 35.5. The Morgan fingerprint density at radius 2 is 2.12 bits per heavy atom. The third-order valence-corrected chi connectivity index (χ3v) is 2.47. The van der Waals surface area contributed by atoms with Crippen LogP contribution in [0.4, 0.5) is 0 Å². The summed E-state index contributed by atoms with van der Waals surface area (Å²) in [6, 6.07) is 5.00. The summed E-state index contributed by atoms with van der Waals surface area (Å²) in [5, 5.41) is 0.989. The zero-order chi connectivity index (χ0) is 11.7. The molecule has 0 saturated carbocycles. The van der Waals surface area contributed by atoms with Crippen LogP contribution in [0.25, 0.3) is 10.9 Å². The fourth-order valence-corrected chi connectivity index (χ4v) is 1.72. The predicted molar refractivity (Wildman–Crippen MR) is 60.6 cm³/mol. The molecule has 0 spiro atoms. The maximum absolute atomic E-state index is 11.3. The minimum Gasteiger partial charge on any atom is -0.465 e. The third kappa shape index (κ3) is 1.84. The molecule has 0 N–H and O–H groups in total. The van der Waals surface area contributed by atoms with Gasteiger partial charge in [-0.2, -0.15) is 0 Å². The Balaban J connectivity index is 2.66. The number of ether oxygens (including phenoxy) is 1. The molecule has 5 heteroatoms. The van der Waals surface area contributed by atoms with Crippen LogP contribution in [0.3, 0.4) is 0 Å². The van der Waals surface area contributed by atoms with Crippen LogP contribution in [-0.4, -0.2) is 23.0 Å². The molecule has 1 aromatic carbocycles. The summed E-state index contributed by atoms with van der Waals surface area (Å²) in [6.45, 7) is 1.76. The highest BCUT2D eigenvalue weighted by molar-refractivity contribution is 6.34. The highest BCUT2D eigenvalue weighted by Crippen LogP contribution is 2.21. The van der Waals surface area contributed by atoms with Gasteiger partial charge in [0.05, 0.1) is 18.2 Å². The summed E-state index contributed by atoms with van der Waals surface area (Å²) < 4.78 is 4.63. The second-order valence-corrected chi connectivity index (χ2v) is 3.64. The number of nitrogens with zero attached hydrogens (tertiary/aromatic N) is 2. The minimum absolute atomic E-state index is 0.341. The molecule has 0 aliphatic heterocycles. The van der Waals surface area contributed by atoms with Gasteiger partial charge in [0.15, 0.2) is 0 Å². The molecule has 82 valence electrons.